The Kier molecular flexibility index (Phi) is 8.46. The van der Waals surface area contributed by atoms with Crippen LogP contribution in [0.25, 0.3) is 10.9 Å². The van der Waals surface area contributed by atoms with Crippen molar-refractivity contribution in [2.45, 2.75) is 20.0 Å². The van der Waals surface area contributed by atoms with Gasteiger partial charge in [0.2, 0.25) is 0 Å². The van der Waals surface area contributed by atoms with E-state index in [9.17, 15) is 9.59 Å². The normalized spacial score (nSPS) is 11.3. The van der Waals surface area contributed by atoms with Crippen LogP contribution in [-0.2, 0) is 13.0 Å². The number of halogens is 3. The van der Waals surface area contributed by atoms with Gasteiger partial charge in [-0.25, -0.2) is 9.78 Å². The minimum Gasteiger partial charge on any atom is -0.493 e. The van der Waals surface area contributed by atoms with Crippen LogP contribution in [-0.4, -0.2) is 34.1 Å². The van der Waals surface area contributed by atoms with Crippen molar-refractivity contribution in [3.63, 3.8) is 0 Å². The number of carbonyl (C=O) groups is 1. The summed E-state index contributed by atoms with van der Waals surface area (Å²) in [5, 5.41) is 14.0. The Bertz CT molecular complexity index is 1580. The molecule has 0 atom stereocenters. The fourth-order valence-corrected chi connectivity index (χ4v) is 4.84. The molecule has 8 nitrogen and oxygen atoms in total. The summed E-state index contributed by atoms with van der Waals surface area (Å²) < 4.78 is 14.9. The van der Waals surface area contributed by atoms with Crippen molar-refractivity contribution >= 4 is 70.9 Å². The number of ether oxygens (including phenoxy) is 2. The number of hydrogen-bond donors (Lipinski definition) is 1. The fraction of sp³-hybridized carbons (Fsp3) is 0.154. The zero-order chi connectivity index (χ0) is 26.7. The summed E-state index contributed by atoms with van der Waals surface area (Å²) in [5.41, 5.74) is 1.98. The Morgan fingerprint density at radius 2 is 1.84 bits per heavy atom. The van der Waals surface area contributed by atoms with Crippen molar-refractivity contribution in [2.75, 3.05) is 7.11 Å². The minimum atomic E-state index is -0.987. The van der Waals surface area contributed by atoms with Gasteiger partial charge in [-0.05, 0) is 73.8 Å². The molecule has 0 saturated heterocycles. The third kappa shape index (κ3) is 5.78. The molecule has 37 heavy (non-hydrogen) atoms. The Labute approximate surface area is 237 Å². The van der Waals surface area contributed by atoms with Crippen LogP contribution in [0.2, 0.25) is 0 Å². The Balaban J connectivity index is 1.67. The van der Waals surface area contributed by atoms with Crippen LogP contribution >= 0.6 is 47.8 Å². The Morgan fingerprint density at radius 3 is 2.49 bits per heavy atom. The van der Waals surface area contributed by atoms with E-state index in [1.54, 1.807) is 36.5 Å². The second kappa shape index (κ2) is 11.6. The number of rotatable bonds is 8. The summed E-state index contributed by atoms with van der Waals surface area (Å²) in [7, 11) is 1.52. The summed E-state index contributed by atoms with van der Waals surface area (Å²) in [5.74, 6) is 0.450. The zero-order valence-electron chi connectivity index (χ0n) is 19.7. The van der Waals surface area contributed by atoms with Crippen LogP contribution in [0, 0.1) is 0 Å². The molecular formula is C26H20Br3N3O5. The standard InChI is InChI=1S/C26H20Br3N3O5/c1-3-21-31-19-9-8-17(27)11-18(19)25(33)32(21)30-12-16-10-20(36-2)24(23(29)22(16)28)37-13-14-4-6-15(7-5-14)26(34)35/h4-12H,3,13H2,1-2H3,(H,34,35). The zero-order valence-corrected chi connectivity index (χ0v) is 24.4. The lowest BCUT2D eigenvalue weighted by Gasteiger charge is -2.15. The van der Waals surface area contributed by atoms with E-state index in [1.807, 2.05) is 13.0 Å². The number of carboxylic acid groups (broad SMARTS) is 1. The number of carboxylic acids is 1. The number of fused-ring (bicyclic) bond motifs is 1. The molecule has 4 rings (SSSR count). The molecule has 11 heteroatoms. The van der Waals surface area contributed by atoms with Gasteiger partial charge in [0.05, 0.1) is 34.3 Å². The minimum absolute atomic E-state index is 0.197. The molecule has 1 heterocycles. The van der Waals surface area contributed by atoms with E-state index in [2.05, 4.69) is 57.9 Å². The molecule has 0 amide bonds. The topological polar surface area (TPSA) is 103 Å². The highest BCUT2D eigenvalue weighted by atomic mass is 79.9. The van der Waals surface area contributed by atoms with Gasteiger partial charge in [0, 0.05) is 20.9 Å². The van der Waals surface area contributed by atoms with E-state index in [0.29, 0.717) is 49.2 Å². The van der Waals surface area contributed by atoms with Crippen molar-refractivity contribution in [3.05, 3.63) is 94.8 Å². The first-order chi connectivity index (χ1) is 17.7. The van der Waals surface area contributed by atoms with Crippen molar-refractivity contribution < 1.29 is 19.4 Å². The number of benzene rings is 3. The van der Waals surface area contributed by atoms with Crippen molar-refractivity contribution in [3.8, 4) is 11.5 Å². The molecule has 0 saturated carbocycles. The summed E-state index contributed by atoms with van der Waals surface area (Å²) in [6.45, 7) is 2.11. The quantitative estimate of drug-likeness (QED) is 0.214. The van der Waals surface area contributed by atoms with Gasteiger partial charge in [0.1, 0.15) is 12.4 Å². The lowest BCUT2D eigenvalue weighted by molar-refractivity contribution is 0.0697. The highest BCUT2D eigenvalue weighted by molar-refractivity contribution is 9.13. The first-order valence-corrected chi connectivity index (χ1v) is 13.4. The van der Waals surface area contributed by atoms with Crippen LogP contribution in [0.15, 0.2) is 71.8 Å². The van der Waals surface area contributed by atoms with Gasteiger partial charge in [-0.2, -0.15) is 9.78 Å². The maximum absolute atomic E-state index is 13.2. The summed E-state index contributed by atoms with van der Waals surface area (Å²) in [6, 6.07) is 13.5. The maximum Gasteiger partial charge on any atom is 0.335 e. The number of aromatic nitrogens is 2. The van der Waals surface area contributed by atoms with Crippen molar-refractivity contribution in [1.82, 2.24) is 9.66 Å². The van der Waals surface area contributed by atoms with Crippen LogP contribution in [0.1, 0.15) is 34.2 Å². The summed E-state index contributed by atoms with van der Waals surface area (Å²) >= 11 is 10.5. The molecule has 0 aliphatic carbocycles. The first kappa shape index (κ1) is 27.0. The fourth-order valence-electron chi connectivity index (χ4n) is 3.55. The molecule has 4 aromatic rings. The Hall–Kier alpha value is -3.02. The molecule has 1 aromatic heterocycles. The molecule has 0 aliphatic rings. The molecule has 0 bridgehead atoms. The monoisotopic (exact) mass is 691 g/mol. The summed E-state index contributed by atoms with van der Waals surface area (Å²) in [4.78, 5) is 28.8. The van der Waals surface area contributed by atoms with Crippen LogP contribution in [0.3, 0.4) is 0 Å². The van der Waals surface area contributed by atoms with Crippen LogP contribution in [0.4, 0.5) is 0 Å². The number of hydrogen-bond acceptors (Lipinski definition) is 6. The van der Waals surface area contributed by atoms with Gasteiger partial charge < -0.3 is 14.6 Å². The molecule has 190 valence electrons. The predicted molar refractivity (Wildman–Crippen MR) is 152 cm³/mol. The second-order valence-corrected chi connectivity index (χ2v) is 10.3. The molecule has 0 spiro atoms. The average Bonchev–Trinajstić information content (AvgIpc) is 2.90. The van der Waals surface area contributed by atoms with E-state index in [-0.39, 0.29) is 17.7 Å². The SMILES string of the molecule is CCc1nc2ccc(Br)cc2c(=O)n1N=Cc1cc(OC)c(OCc2ccc(C(=O)O)cc2)c(Br)c1Br. The van der Waals surface area contributed by atoms with Gasteiger partial charge in [-0.15, -0.1) is 0 Å². The Morgan fingerprint density at radius 1 is 1.11 bits per heavy atom. The first-order valence-electron chi connectivity index (χ1n) is 11.0. The third-order valence-electron chi connectivity index (χ3n) is 5.46. The van der Waals surface area contributed by atoms with Gasteiger partial charge >= 0.3 is 5.97 Å². The smallest absolute Gasteiger partial charge is 0.335 e. The van der Waals surface area contributed by atoms with E-state index in [4.69, 9.17) is 14.6 Å². The number of methoxy groups -OCH3 is 1. The molecule has 0 aliphatic heterocycles. The highest BCUT2D eigenvalue weighted by Crippen LogP contribution is 2.42. The van der Waals surface area contributed by atoms with Crippen molar-refractivity contribution in [1.29, 1.82) is 0 Å². The van der Waals surface area contributed by atoms with Gasteiger partial charge in [-0.1, -0.05) is 35.0 Å². The maximum atomic E-state index is 13.2. The molecule has 0 fully saturated rings. The van der Waals surface area contributed by atoms with Crippen LogP contribution < -0.4 is 15.0 Å². The summed E-state index contributed by atoms with van der Waals surface area (Å²) in [6.07, 6.45) is 2.07. The lowest BCUT2D eigenvalue weighted by atomic mass is 10.1. The number of nitrogens with zero attached hydrogens (tertiary/aromatic N) is 3. The van der Waals surface area contributed by atoms with Crippen molar-refractivity contribution in [2.24, 2.45) is 5.10 Å². The highest BCUT2D eigenvalue weighted by Gasteiger charge is 2.17. The van der Waals surface area contributed by atoms with E-state index in [0.717, 1.165) is 10.0 Å². The average molecular weight is 694 g/mol. The molecule has 1 N–H and O–H groups in total. The van der Waals surface area contributed by atoms with Gasteiger partial charge in [0.25, 0.3) is 5.56 Å². The number of aryl methyl sites for hydroxylation is 1. The molecule has 3 aromatic carbocycles. The van der Waals surface area contributed by atoms with E-state index >= 15 is 0 Å². The predicted octanol–water partition coefficient (Wildman–Crippen LogP) is 6.41. The number of aromatic carboxylic acids is 1. The third-order valence-corrected chi connectivity index (χ3v) is 8.10. The second-order valence-electron chi connectivity index (χ2n) is 7.82. The van der Waals surface area contributed by atoms with E-state index < -0.39 is 5.97 Å². The molecule has 0 unspecified atom stereocenters. The van der Waals surface area contributed by atoms with Gasteiger partial charge in [-0.3, -0.25) is 4.79 Å². The van der Waals surface area contributed by atoms with Crippen LogP contribution in [0.5, 0.6) is 11.5 Å². The molecular weight excluding hydrogens is 674 g/mol. The van der Waals surface area contributed by atoms with E-state index in [1.165, 1.54) is 23.9 Å². The largest absolute Gasteiger partial charge is 0.493 e. The lowest BCUT2D eigenvalue weighted by Crippen LogP contribution is -2.22. The van der Waals surface area contributed by atoms with Gasteiger partial charge in [0.15, 0.2) is 11.5 Å². The molecule has 0 radical (unpaired) electrons.